The van der Waals surface area contributed by atoms with E-state index in [1.54, 1.807) is 0 Å². The van der Waals surface area contributed by atoms with Crippen molar-refractivity contribution in [2.24, 2.45) is 0 Å². The Balaban J connectivity index is 1.28. The highest BCUT2D eigenvalue weighted by Gasteiger charge is 2.10. The molecule has 0 radical (unpaired) electrons. The number of unbranched alkanes of at least 4 members (excludes halogenated alkanes) is 1. The number of ether oxygens (including phenoxy) is 2. The minimum atomic E-state index is 0.493. The van der Waals surface area contributed by atoms with Crippen molar-refractivity contribution in [2.45, 2.75) is 19.3 Å². The second-order valence-corrected chi connectivity index (χ2v) is 9.22. The normalized spacial score (nSPS) is 11.3. The Bertz CT molecular complexity index is 1530. The Morgan fingerprint density at radius 2 is 1.27 bits per heavy atom. The topological polar surface area (TPSA) is 103 Å². The number of hydrogen-bond donors (Lipinski definition) is 2. The largest absolute Gasteiger partial charge is 0.493 e. The van der Waals surface area contributed by atoms with Crippen LogP contribution in [0.5, 0.6) is 11.5 Å². The summed E-state index contributed by atoms with van der Waals surface area (Å²) >= 11 is 0. The van der Waals surface area contributed by atoms with Gasteiger partial charge in [-0.25, -0.2) is 9.97 Å². The number of nitriles is 1. The van der Waals surface area contributed by atoms with Gasteiger partial charge in [-0.3, -0.25) is 0 Å². The lowest BCUT2D eigenvalue weighted by atomic mass is 10.1. The predicted molar refractivity (Wildman–Crippen MR) is 146 cm³/mol. The van der Waals surface area contributed by atoms with E-state index >= 15 is 0 Å². The van der Waals surface area contributed by atoms with Gasteiger partial charge < -0.3 is 24.3 Å². The van der Waals surface area contributed by atoms with E-state index in [0.717, 1.165) is 69.3 Å². The number of nitrogens with one attached hydrogen (secondary N) is 2. The number of hydrogen-bond acceptors (Lipinski definition) is 6. The summed E-state index contributed by atoms with van der Waals surface area (Å²) in [5.41, 5.74) is 5.63. The van der Waals surface area contributed by atoms with Gasteiger partial charge >= 0.3 is 0 Å². The number of H-pyrrole nitrogens is 2. The molecule has 0 fully saturated rings. The quantitative estimate of drug-likeness (QED) is 0.225. The molecule has 8 nitrogen and oxygen atoms in total. The molecule has 0 aliphatic carbocycles. The number of rotatable bonds is 11. The van der Waals surface area contributed by atoms with Gasteiger partial charge in [0.15, 0.2) is 0 Å². The molecule has 0 aliphatic heterocycles. The Kier molecular flexibility index (Phi) is 7.33. The zero-order valence-corrected chi connectivity index (χ0v) is 21.1. The molecular formula is C29H30N6O2. The fourth-order valence-corrected chi connectivity index (χ4v) is 4.13. The van der Waals surface area contributed by atoms with Crippen molar-refractivity contribution >= 4 is 22.1 Å². The van der Waals surface area contributed by atoms with Crippen LogP contribution < -0.4 is 9.47 Å². The molecule has 2 heterocycles. The number of aromatic amines is 2. The minimum absolute atomic E-state index is 0.493. The standard InChI is InChI=1S/C29H30N6O2/c1-35(2)15-5-17-37-23-11-13-25-27(19-23)34-29(32-25)21-8-6-20(7-9-21)28-31-24-12-10-22(18-26(24)33-28)36-16-4-3-14-30/h6-13,18-19H,3-5,15-17H2,1-2H3,(H,31,33)(H,32,34). The highest BCUT2D eigenvalue weighted by molar-refractivity contribution is 5.82. The summed E-state index contributed by atoms with van der Waals surface area (Å²) in [7, 11) is 4.13. The number of benzene rings is 3. The van der Waals surface area contributed by atoms with Crippen molar-refractivity contribution in [3.05, 3.63) is 60.7 Å². The van der Waals surface area contributed by atoms with Gasteiger partial charge in [0.05, 0.1) is 41.3 Å². The van der Waals surface area contributed by atoms with E-state index < -0.39 is 0 Å². The third kappa shape index (κ3) is 5.90. The summed E-state index contributed by atoms with van der Waals surface area (Å²) in [6, 6.07) is 22.1. The molecule has 0 amide bonds. The van der Waals surface area contributed by atoms with Crippen LogP contribution in [0.4, 0.5) is 0 Å². The van der Waals surface area contributed by atoms with E-state index in [0.29, 0.717) is 26.1 Å². The molecular weight excluding hydrogens is 464 g/mol. The molecule has 0 bridgehead atoms. The number of fused-ring (bicyclic) bond motifs is 2. The smallest absolute Gasteiger partial charge is 0.138 e. The third-order valence-electron chi connectivity index (χ3n) is 6.06. The number of nitrogens with zero attached hydrogens (tertiary/aromatic N) is 4. The molecule has 8 heteroatoms. The average molecular weight is 495 g/mol. The van der Waals surface area contributed by atoms with E-state index in [-0.39, 0.29) is 0 Å². The van der Waals surface area contributed by atoms with Crippen LogP contribution in [0.3, 0.4) is 0 Å². The van der Waals surface area contributed by atoms with Crippen molar-refractivity contribution in [1.29, 1.82) is 5.26 Å². The summed E-state index contributed by atoms with van der Waals surface area (Å²) in [4.78, 5) is 18.4. The first kappa shape index (κ1) is 24.3. The van der Waals surface area contributed by atoms with Gasteiger partial charge in [-0.15, -0.1) is 0 Å². The number of imidazole rings is 2. The Morgan fingerprint density at radius 3 is 1.76 bits per heavy atom. The third-order valence-corrected chi connectivity index (χ3v) is 6.06. The first-order chi connectivity index (χ1) is 18.1. The second kappa shape index (κ2) is 11.1. The summed E-state index contributed by atoms with van der Waals surface area (Å²) < 4.78 is 11.6. The molecule has 2 N–H and O–H groups in total. The predicted octanol–water partition coefficient (Wildman–Crippen LogP) is 5.79. The van der Waals surface area contributed by atoms with Gasteiger partial charge in [0.1, 0.15) is 23.1 Å². The summed E-state index contributed by atoms with van der Waals surface area (Å²) in [6.45, 7) is 2.21. The van der Waals surface area contributed by atoms with Gasteiger partial charge in [0.2, 0.25) is 0 Å². The van der Waals surface area contributed by atoms with Crippen LogP contribution in [-0.4, -0.2) is 58.7 Å². The van der Waals surface area contributed by atoms with Crippen LogP contribution >= 0.6 is 0 Å². The molecule has 0 unspecified atom stereocenters. The van der Waals surface area contributed by atoms with E-state index in [4.69, 9.17) is 24.7 Å². The fraction of sp³-hybridized carbons (Fsp3) is 0.276. The summed E-state index contributed by atoms with van der Waals surface area (Å²) in [5, 5.41) is 8.66. The highest BCUT2D eigenvalue weighted by atomic mass is 16.5. The van der Waals surface area contributed by atoms with Crippen molar-refractivity contribution < 1.29 is 9.47 Å². The Morgan fingerprint density at radius 1 is 0.757 bits per heavy atom. The van der Waals surface area contributed by atoms with Gasteiger partial charge in [0.25, 0.3) is 0 Å². The molecule has 37 heavy (non-hydrogen) atoms. The lowest BCUT2D eigenvalue weighted by Crippen LogP contribution is -2.15. The molecule has 0 spiro atoms. The first-order valence-corrected chi connectivity index (χ1v) is 12.5. The molecule has 2 aromatic heterocycles. The Hall–Kier alpha value is -4.35. The van der Waals surface area contributed by atoms with Crippen LogP contribution in [0.25, 0.3) is 44.8 Å². The maximum absolute atomic E-state index is 8.66. The molecule has 5 rings (SSSR count). The van der Waals surface area contributed by atoms with E-state index in [1.165, 1.54) is 0 Å². The second-order valence-electron chi connectivity index (χ2n) is 9.22. The molecule has 0 atom stereocenters. The zero-order valence-electron chi connectivity index (χ0n) is 21.1. The highest BCUT2D eigenvalue weighted by Crippen LogP contribution is 2.28. The van der Waals surface area contributed by atoms with E-state index in [2.05, 4.69) is 35.0 Å². The van der Waals surface area contributed by atoms with E-state index in [1.807, 2.05) is 60.7 Å². The van der Waals surface area contributed by atoms with Crippen LogP contribution in [0.15, 0.2) is 60.7 Å². The molecule has 0 saturated heterocycles. The summed E-state index contributed by atoms with van der Waals surface area (Å²) in [6.07, 6.45) is 2.19. The lowest BCUT2D eigenvalue weighted by Gasteiger charge is -2.10. The SMILES string of the molecule is CN(C)CCCOc1ccc2nc(-c3ccc(-c4nc5ccc(OCCCC#N)cc5[nH]4)cc3)[nH]c2c1. The molecule has 0 aliphatic rings. The Labute approximate surface area is 215 Å². The van der Waals surface area contributed by atoms with Crippen molar-refractivity contribution in [1.82, 2.24) is 24.8 Å². The molecule has 5 aromatic rings. The lowest BCUT2D eigenvalue weighted by molar-refractivity contribution is 0.282. The van der Waals surface area contributed by atoms with Crippen molar-refractivity contribution in [3.63, 3.8) is 0 Å². The van der Waals surface area contributed by atoms with Gasteiger partial charge in [-0.1, -0.05) is 24.3 Å². The maximum atomic E-state index is 8.66. The molecule has 3 aromatic carbocycles. The zero-order chi connectivity index (χ0) is 25.6. The van der Waals surface area contributed by atoms with Gasteiger partial charge in [0, 0.05) is 36.2 Å². The van der Waals surface area contributed by atoms with Gasteiger partial charge in [-0.2, -0.15) is 5.26 Å². The average Bonchev–Trinajstić information content (AvgIpc) is 3.53. The van der Waals surface area contributed by atoms with Crippen molar-refractivity contribution in [2.75, 3.05) is 33.9 Å². The molecule has 188 valence electrons. The monoisotopic (exact) mass is 494 g/mol. The number of aromatic nitrogens is 4. The first-order valence-electron chi connectivity index (χ1n) is 12.5. The van der Waals surface area contributed by atoms with Crippen LogP contribution in [0.1, 0.15) is 19.3 Å². The van der Waals surface area contributed by atoms with Crippen LogP contribution in [0.2, 0.25) is 0 Å². The molecule has 0 saturated carbocycles. The van der Waals surface area contributed by atoms with Crippen LogP contribution in [0, 0.1) is 11.3 Å². The van der Waals surface area contributed by atoms with Crippen LogP contribution in [-0.2, 0) is 0 Å². The van der Waals surface area contributed by atoms with Gasteiger partial charge in [-0.05, 0) is 51.2 Å². The van der Waals surface area contributed by atoms with E-state index in [9.17, 15) is 0 Å². The van der Waals surface area contributed by atoms with Crippen molar-refractivity contribution in [3.8, 4) is 40.3 Å². The summed E-state index contributed by atoms with van der Waals surface area (Å²) in [5.74, 6) is 3.22. The minimum Gasteiger partial charge on any atom is -0.493 e. The fourth-order valence-electron chi connectivity index (χ4n) is 4.13. The maximum Gasteiger partial charge on any atom is 0.138 e.